The molecular formula is C28H30FN3O6. The lowest BCUT2D eigenvalue weighted by molar-refractivity contribution is -0.118. The molecule has 0 aromatic heterocycles. The highest BCUT2D eigenvalue weighted by Crippen LogP contribution is 2.26. The van der Waals surface area contributed by atoms with E-state index in [-0.39, 0.29) is 35.9 Å². The van der Waals surface area contributed by atoms with E-state index >= 15 is 0 Å². The van der Waals surface area contributed by atoms with Crippen LogP contribution in [0.15, 0.2) is 66.7 Å². The third-order valence-corrected chi connectivity index (χ3v) is 5.51. The molecule has 0 heterocycles. The van der Waals surface area contributed by atoms with Crippen LogP contribution in [0.1, 0.15) is 29.8 Å². The second-order valence-corrected chi connectivity index (χ2v) is 8.80. The summed E-state index contributed by atoms with van der Waals surface area (Å²) in [5, 5.41) is 17.2. The molecule has 3 aromatic rings. The molecular weight excluding hydrogens is 493 g/mol. The van der Waals surface area contributed by atoms with Crippen molar-refractivity contribution in [2.45, 2.75) is 26.5 Å². The fourth-order valence-electron chi connectivity index (χ4n) is 3.53. The van der Waals surface area contributed by atoms with Crippen molar-refractivity contribution in [3.05, 3.63) is 83.7 Å². The monoisotopic (exact) mass is 523 g/mol. The maximum Gasteiger partial charge on any atom is 0.335 e. The number of halogens is 1. The first-order valence-corrected chi connectivity index (χ1v) is 11.9. The van der Waals surface area contributed by atoms with Gasteiger partial charge in [0.2, 0.25) is 0 Å². The average Bonchev–Trinajstić information content (AvgIpc) is 2.88. The fraction of sp³-hybridized carbons (Fsp3) is 0.250. The predicted molar refractivity (Wildman–Crippen MR) is 141 cm³/mol. The summed E-state index contributed by atoms with van der Waals surface area (Å²) in [6.07, 6.45) is -0.355. The third kappa shape index (κ3) is 8.04. The van der Waals surface area contributed by atoms with E-state index in [2.05, 4.69) is 16.0 Å². The molecule has 4 N–H and O–H groups in total. The Morgan fingerprint density at radius 1 is 0.947 bits per heavy atom. The summed E-state index contributed by atoms with van der Waals surface area (Å²) in [4.78, 5) is 36.0. The molecule has 0 bridgehead atoms. The number of anilines is 2. The first kappa shape index (κ1) is 28.1. The number of amides is 2. The van der Waals surface area contributed by atoms with Crippen molar-refractivity contribution in [1.29, 1.82) is 0 Å². The summed E-state index contributed by atoms with van der Waals surface area (Å²) >= 11 is 0. The maximum atomic E-state index is 13.8. The van der Waals surface area contributed by atoms with Crippen molar-refractivity contribution in [1.82, 2.24) is 5.32 Å². The highest BCUT2D eigenvalue weighted by Gasteiger charge is 2.18. The van der Waals surface area contributed by atoms with Crippen molar-refractivity contribution in [3.63, 3.8) is 0 Å². The minimum Gasteiger partial charge on any atom is -0.495 e. The Kier molecular flexibility index (Phi) is 9.78. The first-order chi connectivity index (χ1) is 18.2. The van der Waals surface area contributed by atoms with Gasteiger partial charge in [0.25, 0.3) is 0 Å². The van der Waals surface area contributed by atoms with Crippen molar-refractivity contribution in [2.75, 3.05) is 24.3 Å². The molecule has 0 fully saturated rings. The van der Waals surface area contributed by atoms with E-state index in [1.165, 1.54) is 37.4 Å². The number of carbonyl (C=O) groups is 3. The number of Topliss-reactive ketones (excluding diaryl/α,β-unsaturated/α-hetero) is 1. The van der Waals surface area contributed by atoms with E-state index in [0.717, 1.165) is 0 Å². The zero-order valence-corrected chi connectivity index (χ0v) is 21.3. The van der Waals surface area contributed by atoms with Crippen LogP contribution in [0.3, 0.4) is 0 Å². The molecule has 3 aromatic carbocycles. The van der Waals surface area contributed by atoms with E-state index in [1.807, 2.05) is 13.8 Å². The van der Waals surface area contributed by atoms with Crippen LogP contribution >= 0.6 is 0 Å². The predicted octanol–water partition coefficient (Wildman–Crippen LogP) is 4.94. The lowest BCUT2D eigenvalue weighted by Gasteiger charge is -2.23. The van der Waals surface area contributed by atoms with Gasteiger partial charge in [0.1, 0.15) is 17.3 Å². The highest BCUT2D eigenvalue weighted by molar-refractivity contribution is 6.00. The molecule has 3 rings (SSSR count). The number of ketones is 1. The van der Waals surface area contributed by atoms with Gasteiger partial charge in [-0.05, 0) is 54.1 Å². The Morgan fingerprint density at radius 2 is 1.63 bits per heavy atom. The minimum absolute atomic E-state index is 0.0305. The lowest BCUT2D eigenvalue weighted by atomic mass is 10.1. The second kappa shape index (κ2) is 13.2. The number of urea groups is 1. The molecule has 0 aliphatic heterocycles. The molecule has 200 valence electrons. The number of nitrogens with one attached hydrogen (secondary N) is 3. The Hall–Kier alpha value is -4.44. The summed E-state index contributed by atoms with van der Waals surface area (Å²) in [6.45, 7) is 3.92. The largest absolute Gasteiger partial charge is 0.495 e. The fourth-order valence-corrected chi connectivity index (χ4v) is 3.53. The van der Waals surface area contributed by atoms with Gasteiger partial charge < -0.3 is 25.2 Å². The van der Waals surface area contributed by atoms with Gasteiger partial charge in [0.15, 0.2) is 12.0 Å². The zero-order chi connectivity index (χ0) is 27.7. The molecule has 10 heteroatoms. The molecule has 9 nitrogen and oxygen atoms in total. The lowest BCUT2D eigenvalue weighted by Crippen LogP contribution is -2.42. The molecule has 1 atom stereocenters. The number of carbonyl (C=O) groups excluding carboxylic acids is 2. The Bertz CT molecular complexity index is 1280. The van der Waals surface area contributed by atoms with Crippen LogP contribution in [0.4, 0.5) is 20.6 Å². The van der Waals surface area contributed by atoms with Crippen molar-refractivity contribution in [2.24, 2.45) is 5.92 Å². The second-order valence-electron chi connectivity index (χ2n) is 8.80. The Balaban J connectivity index is 1.56. The van der Waals surface area contributed by atoms with E-state index in [9.17, 15) is 18.8 Å². The Morgan fingerprint density at radius 3 is 2.26 bits per heavy atom. The van der Waals surface area contributed by atoms with Crippen LogP contribution in [0.2, 0.25) is 0 Å². The number of methoxy groups -OCH3 is 1. The van der Waals surface area contributed by atoms with Crippen molar-refractivity contribution < 1.29 is 33.4 Å². The normalized spacial score (nSPS) is 11.5. The number of rotatable bonds is 12. The minimum atomic E-state index is -1.02. The van der Waals surface area contributed by atoms with Gasteiger partial charge in [0, 0.05) is 12.3 Å². The molecule has 0 saturated heterocycles. The molecule has 0 saturated carbocycles. The van der Waals surface area contributed by atoms with E-state index in [1.54, 1.807) is 36.4 Å². The van der Waals surface area contributed by atoms with Crippen molar-refractivity contribution >= 4 is 29.2 Å². The first-order valence-electron chi connectivity index (χ1n) is 11.9. The van der Waals surface area contributed by atoms with E-state index < -0.39 is 24.0 Å². The number of para-hydroxylation sites is 1. The van der Waals surface area contributed by atoms with Crippen LogP contribution in [-0.2, 0) is 11.2 Å². The number of carboxylic acid groups (broad SMARTS) is 1. The molecule has 1 unspecified atom stereocenters. The summed E-state index contributed by atoms with van der Waals surface area (Å²) in [5.74, 6) is -0.811. The number of carboxylic acids is 1. The highest BCUT2D eigenvalue weighted by atomic mass is 19.1. The summed E-state index contributed by atoms with van der Waals surface area (Å²) in [5.41, 5.74) is 1.24. The van der Waals surface area contributed by atoms with E-state index in [0.29, 0.717) is 22.7 Å². The number of aromatic carboxylic acids is 1. The number of hydrogen-bond donors (Lipinski definition) is 4. The SMILES string of the molecule is COc1cc(CC(=O)CNC(Oc2ccc(C(=O)O)cc2)C(C)C)ccc1NC(=O)Nc1ccccc1F. The summed E-state index contributed by atoms with van der Waals surface area (Å²) in [6, 6.07) is 16.2. The maximum absolute atomic E-state index is 13.8. The topological polar surface area (TPSA) is 126 Å². The molecule has 0 radical (unpaired) electrons. The molecule has 0 spiro atoms. The van der Waals surface area contributed by atoms with Gasteiger partial charge in [0.05, 0.1) is 30.6 Å². The zero-order valence-electron chi connectivity index (χ0n) is 21.3. The average molecular weight is 524 g/mol. The van der Waals surface area contributed by atoms with Crippen molar-refractivity contribution in [3.8, 4) is 11.5 Å². The Labute approximate surface area is 220 Å². The van der Waals surface area contributed by atoms with Gasteiger partial charge in [-0.15, -0.1) is 0 Å². The van der Waals surface area contributed by atoms with Crippen LogP contribution in [-0.4, -0.2) is 42.8 Å². The molecule has 0 aliphatic rings. The number of ether oxygens (including phenoxy) is 2. The van der Waals surface area contributed by atoms with Crippen LogP contribution in [0.5, 0.6) is 11.5 Å². The van der Waals surface area contributed by atoms with Gasteiger partial charge >= 0.3 is 12.0 Å². The molecule has 38 heavy (non-hydrogen) atoms. The number of hydrogen-bond acceptors (Lipinski definition) is 6. The molecule has 0 aliphatic carbocycles. The van der Waals surface area contributed by atoms with Crippen LogP contribution in [0.25, 0.3) is 0 Å². The van der Waals surface area contributed by atoms with Gasteiger partial charge in [-0.3, -0.25) is 10.1 Å². The summed E-state index contributed by atoms with van der Waals surface area (Å²) in [7, 11) is 1.44. The van der Waals surface area contributed by atoms with Crippen LogP contribution < -0.4 is 25.4 Å². The van der Waals surface area contributed by atoms with Gasteiger partial charge in [-0.2, -0.15) is 0 Å². The van der Waals surface area contributed by atoms with Gasteiger partial charge in [-0.25, -0.2) is 14.0 Å². The van der Waals surface area contributed by atoms with E-state index in [4.69, 9.17) is 14.6 Å². The van der Waals surface area contributed by atoms with Gasteiger partial charge in [-0.1, -0.05) is 32.0 Å². The smallest absolute Gasteiger partial charge is 0.335 e. The summed E-state index contributed by atoms with van der Waals surface area (Å²) < 4.78 is 25.0. The standard InChI is InChI=1S/C28H30FN3O6/c1-17(2)26(38-21-11-9-19(10-12-21)27(34)35)30-16-20(33)14-18-8-13-24(25(15-18)37-3)32-28(36)31-23-7-5-4-6-22(23)29/h4-13,15,17,26,30H,14,16H2,1-3H3,(H,34,35)(H2,31,32,36). The molecule has 2 amide bonds. The third-order valence-electron chi connectivity index (χ3n) is 5.51. The number of benzene rings is 3. The quantitative estimate of drug-likeness (QED) is 0.248. The van der Waals surface area contributed by atoms with Crippen LogP contribution in [0, 0.1) is 11.7 Å².